The zero-order valence-corrected chi connectivity index (χ0v) is 14.8. The van der Waals surface area contributed by atoms with Crippen molar-refractivity contribution in [3.8, 4) is 6.07 Å². The number of halogens is 6. The van der Waals surface area contributed by atoms with Gasteiger partial charge in [0.15, 0.2) is 0 Å². The van der Waals surface area contributed by atoms with Gasteiger partial charge in [-0.1, -0.05) is 18.2 Å². The lowest BCUT2D eigenvalue weighted by Crippen LogP contribution is -2.19. The Morgan fingerprint density at radius 3 is 2.22 bits per heavy atom. The van der Waals surface area contributed by atoms with Crippen LogP contribution in [0.3, 0.4) is 0 Å². The van der Waals surface area contributed by atoms with E-state index in [1.165, 1.54) is 24.3 Å². The van der Waals surface area contributed by atoms with E-state index in [0.29, 0.717) is 18.2 Å². The SMILES string of the molecule is N#Cc1c(F)cc(C(/C=C/c2ccc(C(=O)O)c(Br)c2)C(F)(F)F)cc1F. The van der Waals surface area contributed by atoms with Crippen molar-refractivity contribution in [1.29, 1.82) is 5.26 Å². The number of alkyl halides is 3. The van der Waals surface area contributed by atoms with Crippen LogP contribution in [-0.2, 0) is 0 Å². The third-order valence-electron chi connectivity index (χ3n) is 3.59. The van der Waals surface area contributed by atoms with Crippen LogP contribution in [0.1, 0.15) is 33.0 Å². The highest BCUT2D eigenvalue weighted by atomic mass is 79.9. The molecule has 2 rings (SSSR count). The number of rotatable bonds is 4. The van der Waals surface area contributed by atoms with Gasteiger partial charge in [-0.05, 0) is 51.3 Å². The summed E-state index contributed by atoms with van der Waals surface area (Å²) in [5.41, 5.74) is -1.49. The van der Waals surface area contributed by atoms with Gasteiger partial charge in [0.05, 0.1) is 11.5 Å². The molecule has 9 heteroatoms. The maximum absolute atomic E-state index is 13.7. The van der Waals surface area contributed by atoms with E-state index in [2.05, 4.69) is 15.9 Å². The molecule has 2 aromatic rings. The lowest BCUT2D eigenvalue weighted by atomic mass is 9.95. The molecule has 1 unspecified atom stereocenters. The molecule has 27 heavy (non-hydrogen) atoms. The number of carboxylic acids is 1. The third-order valence-corrected chi connectivity index (χ3v) is 4.25. The van der Waals surface area contributed by atoms with Gasteiger partial charge >= 0.3 is 12.1 Å². The first kappa shape index (κ1) is 20.6. The highest BCUT2D eigenvalue weighted by Crippen LogP contribution is 2.37. The van der Waals surface area contributed by atoms with E-state index in [1.807, 2.05) is 0 Å². The summed E-state index contributed by atoms with van der Waals surface area (Å²) in [6.45, 7) is 0. The van der Waals surface area contributed by atoms with Gasteiger partial charge in [0.1, 0.15) is 23.3 Å². The molecule has 140 valence electrons. The molecule has 0 aromatic heterocycles. The van der Waals surface area contributed by atoms with E-state index in [-0.39, 0.29) is 15.6 Å². The molecule has 2 aromatic carbocycles. The number of hydrogen-bond acceptors (Lipinski definition) is 2. The summed E-state index contributed by atoms with van der Waals surface area (Å²) >= 11 is 3.01. The van der Waals surface area contributed by atoms with Crippen LogP contribution in [0.15, 0.2) is 40.9 Å². The Labute approximate surface area is 158 Å². The average Bonchev–Trinajstić information content (AvgIpc) is 2.53. The summed E-state index contributed by atoms with van der Waals surface area (Å²) in [5, 5.41) is 17.5. The summed E-state index contributed by atoms with van der Waals surface area (Å²) in [5.74, 6) is -6.31. The van der Waals surface area contributed by atoms with E-state index in [4.69, 9.17) is 10.4 Å². The number of aromatic carboxylic acids is 1. The molecule has 0 radical (unpaired) electrons. The zero-order chi connectivity index (χ0) is 20.4. The molecule has 0 aliphatic heterocycles. The molecule has 0 heterocycles. The molecule has 0 aliphatic rings. The minimum atomic E-state index is -4.85. The molecular weight excluding hydrogens is 437 g/mol. The van der Waals surface area contributed by atoms with Gasteiger partial charge in [0, 0.05) is 4.47 Å². The molecule has 0 aliphatic carbocycles. The van der Waals surface area contributed by atoms with E-state index in [0.717, 1.165) is 6.08 Å². The van der Waals surface area contributed by atoms with Gasteiger partial charge in [-0.15, -0.1) is 0 Å². The van der Waals surface area contributed by atoms with Crippen molar-refractivity contribution in [2.75, 3.05) is 0 Å². The molecule has 0 bridgehead atoms. The molecule has 0 spiro atoms. The van der Waals surface area contributed by atoms with Crippen molar-refractivity contribution in [3.63, 3.8) is 0 Å². The highest BCUT2D eigenvalue weighted by Gasteiger charge is 2.39. The number of allylic oxidation sites excluding steroid dienone is 1. The van der Waals surface area contributed by atoms with Crippen molar-refractivity contribution in [2.24, 2.45) is 0 Å². The fraction of sp³-hybridized carbons (Fsp3) is 0.111. The summed E-state index contributed by atoms with van der Waals surface area (Å²) in [7, 11) is 0. The molecule has 0 saturated carbocycles. The van der Waals surface area contributed by atoms with Crippen molar-refractivity contribution < 1.29 is 31.9 Å². The Morgan fingerprint density at radius 1 is 1.19 bits per heavy atom. The minimum Gasteiger partial charge on any atom is -0.478 e. The first-order valence-corrected chi connectivity index (χ1v) is 8.00. The normalized spacial score (nSPS) is 12.8. The van der Waals surface area contributed by atoms with Gasteiger partial charge in [0.25, 0.3) is 0 Å². The summed E-state index contributed by atoms with van der Waals surface area (Å²) in [6.07, 6.45) is -3.09. The molecular formula is C18H9BrF5NO2. The topological polar surface area (TPSA) is 61.1 Å². The smallest absolute Gasteiger partial charge is 0.399 e. The van der Waals surface area contributed by atoms with Crippen LogP contribution < -0.4 is 0 Å². The number of carboxylic acid groups (broad SMARTS) is 1. The highest BCUT2D eigenvalue weighted by molar-refractivity contribution is 9.10. The average molecular weight is 446 g/mol. The largest absolute Gasteiger partial charge is 0.478 e. The van der Waals surface area contributed by atoms with Crippen molar-refractivity contribution in [3.05, 3.63) is 74.8 Å². The molecule has 1 N–H and O–H groups in total. The Kier molecular flexibility index (Phi) is 6.01. The van der Waals surface area contributed by atoms with E-state index < -0.39 is 40.8 Å². The summed E-state index contributed by atoms with van der Waals surface area (Å²) in [4.78, 5) is 10.9. The second kappa shape index (κ2) is 7.88. The van der Waals surface area contributed by atoms with Crippen molar-refractivity contribution in [2.45, 2.75) is 12.1 Å². The molecule has 0 fully saturated rings. The van der Waals surface area contributed by atoms with Crippen LogP contribution in [0.4, 0.5) is 22.0 Å². The Morgan fingerprint density at radius 2 is 1.78 bits per heavy atom. The maximum Gasteiger partial charge on any atom is 0.399 e. The Balaban J connectivity index is 2.45. The standard InChI is InChI=1S/C18H9BrF5NO2/c19-14-5-9(1-3-11(14)17(26)27)2-4-13(18(22,23)24)10-6-15(20)12(8-25)16(21)7-10/h1-7,13H,(H,26,27)/b4-2+. The van der Waals surface area contributed by atoms with Gasteiger partial charge < -0.3 is 5.11 Å². The first-order valence-electron chi connectivity index (χ1n) is 7.21. The molecule has 1 atom stereocenters. The second-order valence-electron chi connectivity index (χ2n) is 5.39. The van der Waals surface area contributed by atoms with E-state index in [1.54, 1.807) is 0 Å². The van der Waals surface area contributed by atoms with Crippen LogP contribution in [-0.4, -0.2) is 17.3 Å². The van der Waals surface area contributed by atoms with Crippen LogP contribution >= 0.6 is 15.9 Å². The van der Waals surface area contributed by atoms with Crippen LogP contribution in [0.5, 0.6) is 0 Å². The summed E-state index contributed by atoms with van der Waals surface area (Å²) in [6, 6.07) is 5.97. The van der Waals surface area contributed by atoms with E-state index in [9.17, 15) is 26.7 Å². The minimum absolute atomic E-state index is 0.0734. The predicted octanol–water partition coefficient (Wildman–Crippen LogP) is 5.66. The fourth-order valence-corrected chi connectivity index (χ4v) is 2.87. The van der Waals surface area contributed by atoms with Crippen LogP contribution in [0.2, 0.25) is 0 Å². The lowest BCUT2D eigenvalue weighted by molar-refractivity contribution is -0.139. The zero-order valence-electron chi connectivity index (χ0n) is 13.2. The third kappa shape index (κ3) is 4.71. The second-order valence-corrected chi connectivity index (χ2v) is 6.25. The van der Waals surface area contributed by atoms with Crippen molar-refractivity contribution >= 4 is 28.0 Å². The molecule has 0 saturated heterocycles. The number of hydrogen-bond donors (Lipinski definition) is 1. The predicted molar refractivity (Wildman–Crippen MR) is 90.0 cm³/mol. The number of carbonyl (C=O) groups is 1. The Bertz CT molecular complexity index is 940. The molecule has 3 nitrogen and oxygen atoms in total. The summed E-state index contributed by atoms with van der Waals surface area (Å²) < 4.78 is 67.6. The number of nitrogens with zero attached hydrogens (tertiary/aromatic N) is 1. The lowest BCUT2D eigenvalue weighted by Gasteiger charge is -2.18. The number of benzene rings is 2. The van der Waals surface area contributed by atoms with Gasteiger partial charge in [0.2, 0.25) is 0 Å². The monoisotopic (exact) mass is 445 g/mol. The molecule has 0 amide bonds. The van der Waals surface area contributed by atoms with Crippen LogP contribution in [0, 0.1) is 23.0 Å². The van der Waals surface area contributed by atoms with Crippen LogP contribution in [0.25, 0.3) is 6.08 Å². The van der Waals surface area contributed by atoms with Gasteiger partial charge in [-0.2, -0.15) is 18.4 Å². The maximum atomic E-state index is 13.7. The Hall–Kier alpha value is -2.73. The van der Waals surface area contributed by atoms with Gasteiger partial charge in [-0.25, -0.2) is 13.6 Å². The quantitative estimate of drug-likeness (QED) is 0.617. The van der Waals surface area contributed by atoms with Crippen molar-refractivity contribution in [1.82, 2.24) is 0 Å². The first-order chi connectivity index (χ1) is 12.5. The fourth-order valence-electron chi connectivity index (χ4n) is 2.30. The van der Waals surface area contributed by atoms with Gasteiger partial charge in [-0.3, -0.25) is 0 Å². The number of nitriles is 1. The van der Waals surface area contributed by atoms with E-state index >= 15 is 0 Å².